The Morgan fingerprint density at radius 1 is 1.32 bits per heavy atom. The van der Waals surface area contributed by atoms with E-state index in [1.165, 1.54) is 6.26 Å². The van der Waals surface area contributed by atoms with E-state index < -0.39 is 0 Å². The number of aryl methyl sites for hydroxylation is 1. The van der Waals surface area contributed by atoms with Crippen molar-refractivity contribution in [3.8, 4) is 0 Å². The predicted molar refractivity (Wildman–Crippen MR) is 94.5 cm³/mol. The van der Waals surface area contributed by atoms with E-state index in [-0.39, 0.29) is 24.3 Å². The molecule has 1 aliphatic heterocycles. The molecule has 1 aromatic heterocycles. The SMILES string of the molecule is Cc1occc1C(=O)N(CCC(=O)NCCN(C)C)C[C@H]1CCCO1. The van der Waals surface area contributed by atoms with Crippen LogP contribution in [0.25, 0.3) is 0 Å². The van der Waals surface area contributed by atoms with Gasteiger partial charge in [-0.25, -0.2) is 0 Å². The third-order valence-electron chi connectivity index (χ3n) is 4.31. The normalized spacial score (nSPS) is 17.0. The summed E-state index contributed by atoms with van der Waals surface area (Å²) >= 11 is 0. The maximum atomic E-state index is 12.8. The molecule has 7 heteroatoms. The Kier molecular flexibility index (Phi) is 7.46. The van der Waals surface area contributed by atoms with Crippen molar-refractivity contribution in [2.24, 2.45) is 0 Å². The molecule has 0 aliphatic carbocycles. The van der Waals surface area contributed by atoms with E-state index in [2.05, 4.69) is 5.32 Å². The fraction of sp³-hybridized carbons (Fsp3) is 0.667. The summed E-state index contributed by atoms with van der Waals surface area (Å²) in [5, 5.41) is 2.88. The first-order valence-electron chi connectivity index (χ1n) is 8.83. The van der Waals surface area contributed by atoms with Gasteiger partial charge in [0, 0.05) is 39.2 Å². The van der Waals surface area contributed by atoms with Crippen LogP contribution in [0.4, 0.5) is 0 Å². The zero-order valence-electron chi connectivity index (χ0n) is 15.4. The van der Waals surface area contributed by atoms with E-state index in [4.69, 9.17) is 9.15 Å². The Balaban J connectivity index is 1.91. The van der Waals surface area contributed by atoms with Gasteiger partial charge in [-0.05, 0) is 39.9 Å². The van der Waals surface area contributed by atoms with Crippen LogP contribution in [0.15, 0.2) is 16.7 Å². The summed E-state index contributed by atoms with van der Waals surface area (Å²) in [5.41, 5.74) is 0.547. The summed E-state index contributed by atoms with van der Waals surface area (Å²) in [6.45, 7) is 4.78. The number of carbonyl (C=O) groups is 2. The zero-order valence-corrected chi connectivity index (χ0v) is 15.4. The van der Waals surface area contributed by atoms with E-state index in [1.807, 2.05) is 19.0 Å². The summed E-state index contributed by atoms with van der Waals surface area (Å²) in [7, 11) is 3.92. The van der Waals surface area contributed by atoms with Crippen molar-refractivity contribution in [1.29, 1.82) is 0 Å². The highest BCUT2D eigenvalue weighted by molar-refractivity contribution is 5.95. The van der Waals surface area contributed by atoms with Crippen LogP contribution < -0.4 is 5.32 Å². The van der Waals surface area contributed by atoms with Crippen LogP contribution in [-0.2, 0) is 9.53 Å². The average Bonchev–Trinajstić information content (AvgIpc) is 3.21. The Morgan fingerprint density at radius 3 is 2.72 bits per heavy atom. The fourth-order valence-corrected chi connectivity index (χ4v) is 2.83. The Bertz CT molecular complexity index is 564. The molecule has 1 saturated heterocycles. The number of ether oxygens (including phenoxy) is 1. The van der Waals surface area contributed by atoms with Gasteiger partial charge in [0.25, 0.3) is 5.91 Å². The topological polar surface area (TPSA) is 75.0 Å². The van der Waals surface area contributed by atoms with Gasteiger partial charge in [-0.1, -0.05) is 0 Å². The molecule has 0 radical (unpaired) electrons. The van der Waals surface area contributed by atoms with Gasteiger partial charge in [-0.15, -0.1) is 0 Å². The molecule has 7 nitrogen and oxygen atoms in total. The van der Waals surface area contributed by atoms with Crippen molar-refractivity contribution in [1.82, 2.24) is 15.1 Å². The first-order chi connectivity index (χ1) is 12.0. The first kappa shape index (κ1) is 19.5. The van der Waals surface area contributed by atoms with Crippen molar-refractivity contribution >= 4 is 11.8 Å². The summed E-state index contributed by atoms with van der Waals surface area (Å²) < 4.78 is 10.9. The molecule has 140 valence electrons. The summed E-state index contributed by atoms with van der Waals surface area (Å²) in [6, 6.07) is 1.68. The molecule has 2 rings (SSSR count). The van der Waals surface area contributed by atoms with E-state index in [9.17, 15) is 9.59 Å². The van der Waals surface area contributed by atoms with Crippen molar-refractivity contribution < 1.29 is 18.7 Å². The van der Waals surface area contributed by atoms with Crippen molar-refractivity contribution in [3.63, 3.8) is 0 Å². The number of carbonyl (C=O) groups excluding carboxylic acids is 2. The highest BCUT2D eigenvalue weighted by Gasteiger charge is 2.25. The third-order valence-corrected chi connectivity index (χ3v) is 4.31. The number of nitrogens with zero attached hydrogens (tertiary/aromatic N) is 2. The number of furan rings is 1. The van der Waals surface area contributed by atoms with Gasteiger partial charge in [0.2, 0.25) is 5.91 Å². The monoisotopic (exact) mass is 351 g/mol. The van der Waals surface area contributed by atoms with Gasteiger partial charge in [0.15, 0.2) is 0 Å². The summed E-state index contributed by atoms with van der Waals surface area (Å²) in [6.07, 6.45) is 3.81. The van der Waals surface area contributed by atoms with Gasteiger partial charge in [0.05, 0.1) is 17.9 Å². The molecular formula is C18H29N3O4. The van der Waals surface area contributed by atoms with Gasteiger partial charge in [-0.2, -0.15) is 0 Å². The van der Waals surface area contributed by atoms with Crippen LogP contribution in [0.1, 0.15) is 35.4 Å². The van der Waals surface area contributed by atoms with Gasteiger partial charge in [-0.3, -0.25) is 9.59 Å². The van der Waals surface area contributed by atoms with Gasteiger partial charge in [0.1, 0.15) is 5.76 Å². The van der Waals surface area contributed by atoms with E-state index in [0.29, 0.717) is 31.0 Å². The minimum Gasteiger partial charge on any atom is -0.469 e. The number of amides is 2. The number of nitrogens with one attached hydrogen (secondary N) is 1. The van der Waals surface area contributed by atoms with Crippen LogP contribution in [0.5, 0.6) is 0 Å². The number of likely N-dealkylation sites (N-methyl/N-ethyl adjacent to an activating group) is 1. The summed E-state index contributed by atoms with van der Waals surface area (Å²) in [4.78, 5) is 28.5. The second kappa shape index (κ2) is 9.58. The Morgan fingerprint density at radius 2 is 2.12 bits per heavy atom. The molecule has 1 aromatic rings. The number of hydrogen-bond donors (Lipinski definition) is 1. The average molecular weight is 351 g/mol. The van der Waals surface area contributed by atoms with Crippen LogP contribution in [0.3, 0.4) is 0 Å². The zero-order chi connectivity index (χ0) is 18.2. The molecule has 2 amide bonds. The largest absolute Gasteiger partial charge is 0.469 e. The summed E-state index contributed by atoms with van der Waals surface area (Å²) in [5.74, 6) is 0.441. The lowest BCUT2D eigenvalue weighted by atomic mass is 10.1. The number of hydrogen-bond acceptors (Lipinski definition) is 5. The molecule has 1 atom stereocenters. The molecule has 25 heavy (non-hydrogen) atoms. The lowest BCUT2D eigenvalue weighted by Gasteiger charge is -2.25. The Hall–Kier alpha value is -1.86. The second-order valence-corrected chi connectivity index (χ2v) is 6.68. The Labute approximate surface area is 149 Å². The van der Waals surface area contributed by atoms with Crippen LogP contribution in [-0.4, -0.2) is 74.6 Å². The van der Waals surface area contributed by atoms with Crippen molar-refractivity contribution in [2.45, 2.75) is 32.3 Å². The molecular weight excluding hydrogens is 322 g/mol. The van der Waals surface area contributed by atoms with Crippen LogP contribution in [0, 0.1) is 6.92 Å². The standard InChI is InChI=1S/C18H29N3O4/c1-14-16(7-12-24-14)18(23)21(13-15-5-4-11-25-15)9-6-17(22)19-8-10-20(2)3/h7,12,15H,4-6,8-11,13H2,1-3H3,(H,19,22)/t15-/m1/s1. The molecule has 0 saturated carbocycles. The van der Waals surface area contributed by atoms with E-state index in [1.54, 1.807) is 17.9 Å². The number of rotatable bonds is 9. The minimum absolute atomic E-state index is 0.0455. The van der Waals surface area contributed by atoms with Gasteiger partial charge < -0.3 is 24.3 Å². The molecule has 2 heterocycles. The highest BCUT2D eigenvalue weighted by atomic mass is 16.5. The lowest BCUT2D eigenvalue weighted by molar-refractivity contribution is -0.121. The maximum Gasteiger partial charge on any atom is 0.257 e. The molecule has 0 aromatic carbocycles. The smallest absolute Gasteiger partial charge is 0.257 e. The first-order valence-corrected chi connectivity index (χ1v) is 8.83. The quantitative estimate of drug-likeness (QED) is 0.725. The minimum atomic E-state index is -0.108. The maximum absolute atomic E-state index is 12.8. The molecule has 0 bridgehead atoms. The predicted octanol–water partition coefficient (Wildman–Crippen LogP) is 1.28. The third kappa shape index (κ3) is 6.17. The van der Waals surface area contributed by atoms with E-state index in [0.717, 1.165) is 26.0 Å². The lowest BCUT2D eigenvalue weighted by Crippen LogP contribution is -2.40. The van der Waals surface area contributed by atoms with Crippen molar-refractivity contribution in [3.05, 3.63) is 23.7 Å². The molecule has 0 unspecified atom stereocenters. The molecule has 1 N–H and O–H groups in total. The molecule has 1 fully saturated rings. The second-order valence-electron chi connectivity index (χ2n) is 6.68. The van der Waals surface area contributed by atoms with Gasteiger partial charge >= 0.3 is 0 Å². The van der Waals surface area contributed by atoms with Crippen LogP contribution >= 0.6 is 0 Å². The van der Waals surface area contributed by atoms with Crippen LogP contribution in [0.2, 0.25) is 0 Å². The molecule has 1 aliphatic rings. The fourth-order valence-electron chi connectivity index (χ4n) is 2.83. The van der Waals surface area contributed by atoms with E-state index >= 15 is 0 Å². The highest BCUT2D eigenvalue weighted by Crippen LogP contribution is 2.17. The molecule has 0 spiro atoms. The van der Waals surface area contributed by atoms with Crippen molar-refractivity contribution in [2.75, 3.05) is 46.9 Å².